The van der Waals surface area contributed by atoms with Crippen molar-refractivity contribution in [3.05, 3.63) is 46.0 Å². The van der Waals surface area contributed by atoms with Crippen molar-refractivity contribution in [3.63, 3.8) is 0 Å². The van der Waals surface area contributed by atoms with Gasteiger partial charge < -0.3 is 4.74 Å². The first-order chi connectivity index (χ1) is 11.9. The normalized spacial score (nSPS) is 11.8. The standard InChI is InChI=1S/C13H13F2N7O2/c1-8-5-3-4-6-10(8)24-7-9-11(16-17-21(9)12(14)15)22-13(23)20(2)18-19-22/h3-6,12H,7H2,1-2H3/i3T. The average Bonchev–Trinajstić information content (AvgIpc) is 3.11. The molecule has 0 radical (unpaired) electrons. The Hall–Kier alpha value is -3.11. The molecule has 0 aliphatic rings. The summed E-state index contributed by atoms with van der Waals surface area (Å²) in [6, 6.07) is 4.95. The molecule has 0 fully saturated rings. The molecule has 2 heterocycles. The highest BCUT2D eigenvalue weighted by Crippen LogP contribution is 2.21. The van der Waals surface area contributed by atoms with Crippen LogP contribution >= 0.6 is 0 Å². The second-order valence-corrected chi connectivity index (χ2v) is 4.86. The number of hydrogen-bond acceptors (Lipinski definition) is 6. The van der Waals surface area contributed by atoms with E-state index >= 15 is 0 Å². The van der Waals surface area contributed by atoms with Gasteiger partial charge in [0.05, 0.1) is 1.37 Å². The second-order valence-electron chi connectivity index (χ2n) is 4.86. The van der Waals surface area contributed by atoms with Gasteiger partial charge in [-0.3, -0.25) is 0 Å². The Morgan fingerprint density at radius 1 is 1.33 bits per heavy atom. The smallest absolute Gasteiger partial charge is 0.369 e. The van der Waals surface area contributed by atoms with Crippen molar-refractivity contribution in [2.24, 2.45) is 7.05 Å². The minimum absolute atomic E-state index is 0.132. The van der Waals surface area contributed by atoms with E-state index in [9.17, 15) is 13.6 Å². The number of aryl methyl sites for hydroxylation is 2. The van der Waals surface area contributed by atoms with E-state index in [2.05, 4.69) is 20.7 Å². The van der Waals surface area contributed by atoms with Crippen LogP contribution < -0.4 is 10.4 Å². The average molecular weight is 339 g/mol. The third-order valence-corrected chi connectivity index (χ3v) is 3.26. The van der Waals surface area contributed by atoms with Crippen molar-refractivity contribution in [2.75, 3.05) is 0 Å². The number of halogens is 2. The van der Waals surface area contributed by atoms with Crippen LogP contribution in [0.5, 0.6) is 5.75 Å². The number of nitrogens with zero attached hydrogens (tertiary/aromatic N) is 7. The zero-order valence-electron chi connectivity index (χ0n) is 13.7. The van der Waals surface area contributed by atoms with Crippen LogP contribution in [0.2, 0.25) is 0 Å². The zero-order valence-corrected chi connectivity index (χ0v) is 12.7. The van der Waals surface area contributed by atoms with Gasteiger partial charge in [-0.1, -0.05) is 23.4 Å². The molecule has 0 saturated carbocycles. The molecule has 3 aromatic rings. The quantitative estimate of drug-likeness (QED) is 0.684. The van der Waals surface area contributed by atoms with Gasteiger partial charge in [-0.15, -0.1) is 9.78 Å². The summed E-state index contributed by atoms with van der Waals surface area (Å²) in [5, 5.41) is 14.1. The van der Waals surface area contributed by atoms with Crippen LogP contribution in [0, 0.1) is 6.92 Å². The van der Waals surface area contributed by atoms with Crippen LogP contribution in [0.4, 0.5) is 8.78 Å². The summed E-state index contributed by atoms with van der Waals surface area (Å²) < 4.78 is 41.5. The Bertz CT molecular complexity index is 966. The fourth-order valence-corrected chi connectivity index (χ4v) is 2.01. The largest absolute Gasteiger partial charge is 0.487 e. The molecule has 0 N–H and O–H groups in total. The molecule has 0 aliphatic heterocycles. The summed E-state index contributed by atoms with van der Waals surface area (Å²) in [5.41, 5.74) is -0.119. The fourth-order valence-electron chi connectivity index (χ4n) is 2.01. The third-order valence-electron chi connectivity index (χ3n) is 3.26. The van der Waals surface area contributed by atoms with Crippen molar-refractivity contribution < 1.29 is 14.9 Å². The van der Waals surface area contributed by atoms with Crippen molar-refractivity contribution in [1.29, 1.82) is 0 Å². The topological polar surface area (TPSA) is 92.7 Å². The number of tetrazole rings is 1. The van der Waals surface area contributed by atoms with E-state index in [0.717, 1.165) is 9.36 Å². The first kappa shape index (κ1) is 14.5. The van der Waals surface area contributed by atoms with Crippen molar-refractivity contribution in [2.45, 2.75) is 20.1 Å². The van der Waals surface area contributed by atoms with Gasteiger partial charge in [-0.25, -0.2) is 4.79 Å². The molecule has 0 atom stereocenters. The summed E-state index contributed by atoms with van der Waals surface area (Å²) in [6.07, 6.45) is 0. The minimum Gasteiger partial charge on any atom is -0.487 e. The highest BCUT2D eigenvalue weighted by atomic mass is 19.3. The summed E-state index contributed by atoms with van der Waals surface area (Å²) in [7, 11) is 1.37. The van der Waals surface area contributed by atoms with Gasteiger partial charge in [0.2, 0.25) is 5.82 Å². The van der Waals surface area contributed by atoms with E-state index in [0.29, 0.717) is 22.0 Å². The predicted octanol–water partition coefficient (Wildman–Crippen LogP) is 0.840. The molecule has 0 saturated heterocycles. The highest BCUT2D eigenvalue weighted by molar-refractivity contribution is 5.33. The summed E-state index contributed by atoms with van der Waals surface area (Å²) in [4.78, 5) is 11.9. The fraction of sp³-hybridized carbons (Fsp3) is 0.308. The monoisotopic (exact) mass is 339 g/mol. The Labute approximate surface area is 135 Å². The van der Waals surface area contributed by atoms with Gasteiger partial charge in [0, 0.05) is 7.05 Å². The molecule has 0 bridgehead atoms. The number of para-hydroxylation sites is 1. The van der Waals surface area contributed by atoms with Crippen LogP contribution in [-0.4, -0.2) is 34.8 Å². The molecule has 2 aromatic heterocycles. The molecule has 9 nitrogen and oxygen atoms in total. The maximum atomic E-state index is 13.2. The number of benzene rings is 1. The van der Waals surface area contributed by atoms with E-state index in [4.69, 9.17) is 6.11 Å². The van der Waals surface area contributed by atoms with Crippen molar-refractivity contribution in [3.8, 4) is 11.6 Å². The number of hydrogen-bond donors (Lipinski definition) is 0. The Kier molecular flexibility index (Phi) is 3.73. The van der Waals surface area contributed by atoms with Crippen LogP contribution in [0.25, 0.3) is 5.82 Å². The Balaban J connectivity index is 1.97. The molecular weight excluding hydrogens is 324 g/mol. The van der Waals surface area contributed by atoms with Gasteiger partial charge in [-0.2, -0.15) is 18.1 Å². The van der Waals surface area contributed by atoms with Gasteiger partial charge in [0.25, 0.3) is 0 Å². The molecule has 0 amide bonds. The lowest BCUT2D eigenvalue weighted by Crippen LogP contribution is -2.23. The summed E-state index contributed by atoms with van der Waals surface area (Å²) >= 11 is 0. The molecule has 126 valence electrons. The highest BCUT2D eigenvalue weighted by Gasteiger charge is 2.23. The zero-order chi connectivity index (χ0) is 18.1. The van der Waals surface area contributed by atoms with Crippen LogP contribution in [0.15, 0.2) is 29.0 Å². The maximum Gasteiger partial charge on any atom is 0.369 e. The number of rotatable bonds is 5. The van der Waals surface area contributed by atoms with E-state index < -0.39 is 12.2 Å². The van der Waals surface area contributed by atoms with Crippen LogP contribution in [0.1, 0.15) is 19.2 Å². The summed E-state index contributed by atoms with van der Waals surface area (Å²) in [5.74, 6) is 0.226. The molecule has 0 aliphatic carbocycles. The molecule has 0 unspecified atom stereocenters. The number of alkyl halides is 2. The lowest BCUT2D eigenvalue weighted by Gasteiger charge is -2.10. The first-order valence-electron chi connectivity index (χ1n) is 7.30. The third kappa shape index (κ3) is 2.75. The Morgan fingerprint density at radius 2 is 2.12 bits per heavy atom. The molecule has 0 spiro atoms. The van der Waals surface area contributed by atoms with E-state index in [1.807, 2.05) is 0 Å². The first-order valence-corrected chi connectivity index (χ1v) is 6.80. The minimum atomic E-state index is -2.97. The number of ether oxygens (including phenoxy) is 1. The van der Waals surface area contributed by atoms with Gasteiger partial charge in [-0.05, 0) is 29.0 Å². The lowest BCUT2D eigenvalue weighted by molar-refractivity contribution is 0.0481. The predicted molar refractivity (Wildman–Crippen MR) is 76.9 cm³/mol. The van der Waals surface area contributed by atoms with Crippen molar-refractivity contribution in [1.82, 2.24) is 34.8 Å². The molecule has 1 aromatic carbocycles. The van der Waals surface area contributed by atoms with Gasteiger partial charge >= 0.3 is 12.2 Å². The lowest BCUT2D eigenvalue weighted by atomic mass is 10.2. The van der Waals surface area contributed by atoms with Gasteiger partial charge in [0.1, 0.15) is 18.1 Å². The molecule has 11 heteroatoms. The van der Waals surface area contributed by atoms with Crippen LogP contribution in [-0.2, 0) is 13.7 Å². The molecular formula is C13H13F2N7O2. The van der Waals surface area contributed by atoms with Crippen molar-refractivity contribution >= 4 is 0 Å². The Morgan fingerprint density at radius 3 is 2.75 bits per heavy atom. The summed E-state index contributed by atoms with van der Waals surface area (Å²) in [6.45, 7) is -1.57. The SMILES string of the molecule is [3H]c1ccc(OCc2c(-n3nnn(C)c3=O)nnn2C(F)F)c(C)c1. The maximum absolute atomic E-state index is 13.2. The molecule has 3 rings (SSSR count). The van der Waals surface area contributed by atoms with E-state index in [1.54, 1.807) is 19.1 Å². The van der Waals surface area contributed by atoms with Crippen LogP contribution in [0.3, 0.4) is 0 Å². The van der Waals surface area contributed by atoms with E-state index in [-0.39, 0.29) is 18.1 Å². The second kappa shape index (κ2) is 6.18. The molecule has 24 heavy (non-hydrogen) atoms. The number of aromatic nitrogens is 7. The van der Waals surface area contributed by atoms with Gasteiger partial charge in [0.15, 0.2) is 0 Å². The van der Waals surface area contributed by atoms with E-state index in [1.165, 1.54) is 13.1 Å².